The van der Waals surface area contributed by atoms with Gasteiger partial charge in [-0.15, -0.1) is 0 Å². The number of primary amides is 2. The number of Topliss-reactive ketones (excluding diaryl/α,β-unsaturated/α-hetero) is 2. The molecule has 9 unspecified atom stereocenters. The van der Waals surface area contributed by atoms with E-state index >= 15 is 0 Å². The van der Waals surface area contributed by atoms with Crippen molar-refractivity contribution in [3.63, 3.8) is 0 Å². The average Bonchev–Trinajstić information content (AvgIpc) is 3.75. The number of nitrogens with two attached hydrogens (primary N) is 2. The Morgan fingerprint density at radius 3 is 1.22 bits per heavy atom. The molecule has 16 nitrogen and oxygen atoms in total. The molecule has 9 atom stereocenters. The molecule has 2 fully saturated rings. The zero-order valence-electron chi connectivity index (χ0n) is 44.9. The van der Waals surface area contributed by atoms with Gasteiger partial charge in [0.25, 0.3) is 0 Å². The molecule has 0 aliphatic carbocycles. The van der Waals surface area contributed by atoms with Crippen molar-refractivity contribution in [2.75, 3.05) is 75.2 Å². The van der Waals surface area contributed by atoms with Crippen LogP contribution in [0.2, 0.25) is 0 Å². The van der Waals surface area contributed by atoms with Gasteiger partial charge in [0.1, 0.15) is 11.6 Å². The monoisotopic (exact) mass is 1000 g/mol. The van der Waals surface area contributed by atoms with Gasteiger partial charge in [0, 0.05) is 75.1 Å². The van der Waals surface area contributed by atoms with E-state index in [1.54, 1.807) is 21.1 Å². The number of likely N-dealkylation sites (tertiary alicyclic amines) is 2. The van der Waals surface area contributed by atoms with Gasteiger partial charge in [0.15, 0.2) is 25.1 Å². The van der Waals surface area contributed by atoms with E-state index in [4.69, 9.17) is 35.6 Å². The number of carbonyl (C=O) groups excluding carboxylic acids is 8. The second kappa shape index (κ2) is 46.8. The highest BCUT2D eigenvalue weighted by molar-refractivity contribution is 6.09. The van der Waals surface area contributed by atoms with Gasteiger partial charge in [-0.25, -0.2) is 0 Å². The molecule has 0 saturated carbocycles. The standard InChI is InChI=1S/C11H18N2O5.2C10H22N.C7H13NO2.C5H12O.C4H10O.C2H2O2.2ClH/c1-6(15)3-4-8(7(2)10(12)17)11(18)13-9(16)5-14;2*1-5-9-7-11(3,4)8-10(9)6-2;1-5(7(8)10)3-4-6(2)9;1-4-5(2)6-3;1-3-4-5-2;3-1-2-4;;/h5,7-9,16H,3-4H2,1-2H3,(H2,12,17)(H,13,18);2*9-10H,5-8H2,1-4H3;5H,3-4H2,1-2H3,(H2,8,10);5H,4H2,1-3H3;3-4H2,1-2H3;1-2H;2*1H/q;2*+1;;;;;;/p-2. The number of ether oxygens (including phenoxy) is 2. The lowest BCUT2D eigenvalue weighted by Gasteiger charge is -2.23. The van der Waals surface area contributed by atoms with Gasteiger partial charge in [0.05, 0.1) is 60.5 Å². The van der Waals surface area contributed by atoms with E-state index < -0.39 is 29.9 Å². The summed E-state index contributed by atoms with van der Waals surface area (Å²) in [5.74, 6) is 0.458. The molecule has 67 heavy (non-hydrogen) atoms. The first-order chi connectivity index (χ1) is 30.1. The first kappa shape index (κ1) is 78.3. The van der Waals surface area contributed by atoms with Crippen LogP contribution in [-0.2, 0) is 47.8 Å². The smallest absolute Gasteiger partial charge is 0.226 e. The Labute approximate surface area is 419 Å². The second-order valence-electron chi connectivity index (χ2n) is 18.7. The minimum absolute atomic E-state index is 0. The van der Waals surface area contributed by atoms with Crippen LogP contribution in [0.4, 0.5) is 0 Å². The number of methoxy groups -OCH3 is 2. The molecule has 2 aliphatic heterocycles. The molecule has 3 amide bonds. The number of aliphatic hydroxyl groups is 1. The van der Waals surface area contributed by atoms with E-state index in [0.29, 0.717) is 18.9 Å². The zero-order valence-corrected chi connectivity index (χ0v) is 46.4. The average molecular weight is 1010 g/mol. The van der Waals surface area contributed by atoms with Crippen LogP contribution in [0.1, 0.15) is 140 Å². The maximum absolute atomic E-state index is 11.7. The SMILES string of the molecule is CC(=O)CCC(C(=O)NC(O)C=O)C(C)C(N)=O.CC(=O)CCC(C)C(N)=O.CCC(C)OC.CCC1C[N+](C)(C)CC1CC.CCC1C[N+](C)(C)CC1CC.CCCOC.O=CC=O.[Cl-].[Cl-]. The van der Waals surface area contributed by atoms with Crippen molar-refractivity contribution in [3.05, 3.63) is 0 Å². The van der Waals surface area contributed by atoms with Crippen LogP contribution in [0.5, 0.6) is 0 Å². The van der Waals surface area contributed by atoms with Crippen LogP contribution >= 0.6 is 0 Å². The molecule has 0 spiro atoms. The first-order valence-corrected chi connectivity index (χ1v) is 23.7. The van der Waals surface area contributed by atoms with Gasteiger partial charge < -0.3 is 74.7 Å². The lowest BCUT2D eigenvalue weighted by molar-refractivity contribution is -0.880. The Bertz CT molecular complexity index is 1240. The predicted octanol–water partition coefficient (Wildman–Crippen LogP) is -0.672. The van der Waals surface area contributed by atoms with Gasteiger partial charge in [0.2, 0.25) is 17.7 Å². The molecule has 0 aromatic carbocycles. The van der Waals surface area contributed by atoms with E-state index in [-0.39, 0.29) is 79.9 Å². The largest absolute Gasteiger partial charge is 1.00 e. The minimum Gasteiger partial charge on any atom is -1.00 e. The van der Waals surface area contributed by atoms with Gasteiger partial charge in [-0.1, -0.05) is 55.4 Å². The number of aldehydes is 3. The number of nitrogens with one attached hydrogen (secondary N) is 1. The summed E-state index contributed by atoms with van der Waals surface area (Å²) in [5, 5.41) is 11.0. The van der Waals surface area contributed by atoms with Crippen LogP contribution in [0, 0.1) is 41.4 Å². The fourth-order valence-corrected chi connectivity index (χ4v) is 7.52. The molecular formula is C49H99Cl2N5O11. The Balaban J connectivity index is -0.000000131. The molecule has 0 aromatic rings. The minimum atomic E-state index is -1.63. The first-order valence-electron chi connectivity index (χ1n) is 23.7. The molecule has 0 bridgehead atoms. The zero-order chi connectivity index (χ0) is 51.9. The lowest BCUT2D eigenvalue weighted by atomic mass is 9.87. The Kier molecular flexibility index (Phi) is 54.8. The van der Waals surface area contributed by atoms with E-state index in [9.17, 15) is 28.8 Å². The number of ketones is 2. The second-order valence-corrected chi connectivity index (χ2v) is 18.7. The van der Waals surface area contributed by atoms with E-state index in [2.05, 4.69) is 76.7 Å². The summed E-state index contributed by atoms with van der Waals surface area (Å²) in [5.41, 5.74) is 10.1. The maximum Gasteiger partial charge on any atom is 0.226 e. The number of hydrogen-bond acceptors (Lipinski definition) is 11. The maximum atomic E-state index is 11.7. The quantitative estimate of drug-likeness (QED) is 0.0487. The normalized spacial score (nSPS) is 20.0. The molecular weight excluding hydrogens is 905 g/mol. The number of rotatable bonds is 21. The molecule has 18 heteroatoms. The van der Waals surface area contributed by atoms with Crippen LogP contribution in [0.15, 0.2) is 0 Å². The fourth-order valence-electron chi connectivity index (χ4n) is 7.52. The number of nitrogens with zero attached hydrogens (tertiary/aromatic N) is 2. The highest BCUT2D eigenvalue weighted by atomic mass is 35.5. The lowest BCUT2D eigenvalue weighted by Crippen LogP contribution is -3.00. The van der Waals surface area contributed by atoms with E-state index in [1.807, 2.05) is 5.32 Å². The third kappa shape index (κ3) is 45.4. The number of amides is 3. The molecule has 6 N–H and O–H groups in total. The van der Waals surface area contributed by atoms with Crippen LogP contribution in [0.3, 0.4) is 0 Å². The number of halogens is 2. The molecule has 2 heterocycles. The van der Waals surface area contributed by atoms with Crippen molar-refractivity contribution < 1.29 is 86.7 Å². The number of aliphatic hydroxyl groups excluding tert-OH is 1. The molecule has 0 aromatic heterocycles. The summed E-state index contributed by atoms with van der Waals surface area (Å²) < 4.78 is 12.1. The summed E-state index contributed by atoms with van der Waals surface area (Å²) in [6.45, 7) is 28.1. The van der Waals surface area contributed by atoms with Crippen molar-refractivity contribution in [2.24, 2.45) is 52.9 Å². The summed E-state index contributed by atoms with van der Waals surface area (Å²) in [6.07, 6.45) is 8.35. The summed E-state index contributed by atoms with van der Waals surface area (Å²) in [6, 6.07) is 0. The number of carbonyl (C=O) groups is 8. The Morgan fingerprint density at radius 1 is 0.672 bits per heavy atom. The van der Waals surface area contributed by atoms with Crippen LogP contribution < -0.4 is 41.6 Å². The number of hydrogen-bond donors (Lipinski definition) is 4. The topological polar surface area (TPSA) is 239 Å². The van der Waals surface area contributed by atoms with Gasteiger partial charge in [-0.05, 0) is 72.1 Å². The predicted molar refractivity (Wildman–Crippen MR) is 260 cm³/mol. The fraction of sp³-hybridized carbons (Fsp3) is 0.837. The third-order valence-electron chi connectivity index (χ3n) is 11.8. The molecule has 2 aliphatic rings. The van der Waals surface area contributed by atoms with E-state index in [0.717, 1.165) is 43.1 Å². The third-order valence-corrected chi connectivity index (χ3v) is 11.8. The van der Waals surface area contributed by atoms with Gasteiger partial charge in [-0.2, -0.15) is 0 Å². The molecule has 0 radical (unpaired) electrons. The van der Waals surface area contributed by atoms with Gasteiger partial charge >= 0.3 is 0 Å². The van der Waals surface area contributed by atoms with Crippen molar-refractivity contribution >= 4 is 48.1 Å². The highest BCUT2D eigenvalue weighted by Crippen LogP contribution is 2.32. The molecule has 400 valence electrons. The summed E-state index contributed by atoms with van der Waals surface area (Å²) >= 11 is 0. The van der Waals surface area contributed by atoms with E-state index in [1.165, 1.54) is 81.6 Å². The van der Waals surface area contributed by atoms with Crippen molar-refractivity contribution in [1.29, 1.82) is 0 Å². The summed E-state index contributed by atoms with van der Waals surface area (Å²) in [7, 11) is 12.9. The number of quaternary nitrogens is 2. The summed E-state index contributed by atoms with van der Waals surface area (Å²) in [4.78, 5) is 82.4. The highest BCUT2D eigenvalue weighted by Gasteiger charge is 2.38. The van der Waals surface area contributed by atoms with Crippen LogP contribution in [0.25, 0.3) is 0 Å². The molecule has 2 saturated heterocycles. The van der Waals surface area contributed by atoms with Crippen molar-refractivity contribution in [1.82, 2.24) is 5.32 Å². The Morgan fingerprint density at radius 2 is 1.03 bits per heavy atom. The van der Waals surface area contributed by atoms with Crippen LogP contribution in [-0.4, -0.2) is 150 Å². The molecule has 2 rings (SSSR count). The Hall–Kier alpha value is -2.86. The van der Waals surface area contributed by atoms with Crippen molar-refractivity contribution in [3.8, 4) is 0 Å². The van der Waals surface area contributed by atoms with Crippen molar-refractivity contribution in [2.45, 2.75) is 153 Å². The van der Waals surface area contributed by atoms with Gasteiger partial charge in [-0.3, -0.25) is 28.8 Å².